The molecule has 2 aromatic rings. The number of hydrogen-bond acceptors (Lipinski definition) is 4. The minimum atomic E-state index is -1.59. The van der Waals surface area contributed by atoms with Gasteiger partial charge in [0.2, 0.25) is 0 Å². The van der Waals surface area contributed by atoms with Gasteiger partial charge in [0.25, 0.3) is 5.91 Å². The number of halogens is 1. The molecule has 6 nitrogen and oxygen atoms in total. The molecule has 1 aliphatic rings. The fourth-order valence-electron chi connectivity index (χ4n) is 3.10. The number of rotatable bonds is 6. The van der Waals surface area contributed by atoms with Gasteiger partial charge < -0.3 is 19.7 Å². The molecule has 2 N–H and O–H groups in total. The van der Waals surface area contributed by atoms with Crippen molar-refractivity contribution in [1.29, 1.82) is 0 Å². The summed E-state index contributed by atoms with van der Waals surface area (Å²) in [5.74, 6) is -2.15. The number of carbonyl (C=O) groups excluding carboxylic acids is 1. The van der Waals surface area contributed by atoms with Gasteiger partial charge in [-0.2, -0.15) is 0 Å². The first-order valence-electron chi connectivity index (χ1n) is 8.01. The lowest BCUT2D eigenvalue weighted by Crippen LogP contribution is -2.42. The molecule has 1 amide bonds. The van der Waals surface area contributed by atoms with E-state index < -0.39 is 24.6 Å². The fraction of sp³-hybridized carbons (Fsp3) is 0.333. The predicted molar refractivity (Wildman–Crippen MR) is 89.4 cm³/mol. The summed E-state index contributed by atoms with van der Waals surface area (Å²) in [6.07, 6.45) is 2.29. The third-order valence-electron chi connectivity index (χ3n) is 4.40. The van der Waals surface area contributed by atoms with E-state index in [4.69, 9.17) is 9.52 Å². The fourth-order valence-corrected chi connectivity index (χ4v) is 3.10. The zero-order valence-electron chi connectivity index (χ0n) is 13.7. The van der Waals surface area contributed by atoms with Gasteiger partial charge in [-0.1, -0.05) is 18.2 Å². The second kappa shape index (κ2) is 6.96. The molecule has 0 radical (unpaired) electrons. The molecule has 132 valence electrons. The van der Waals surface area contributed by atoms with Gasteiger partial charge in [-0.05, 0) is 31.0 Å². The Morgan fingerprint density at radius 3 is 2.88 bits per heavy atom. The zero-order chi connectivity index (χ0) is 18.0. The first-order chi connectivity index (χ1) is 12.0. The maximum atomic E-state index is 12.7. The van der Waals surface area contributed by atoms with E-state index in [0.29, 0.717) is 12.1 Å². The lowest BCUT2D eigenvalue weighted by atomic mass is 10.1. The molecule has 2 atom stereocenters. The summed E-state index contributed by atoms with van der Waals surface area (Å²) in [5.41, 5.74) is 2.98. The van der Waals surface area contributed by atoms with Crippen molar-refractivity contribution >= 4 is 17.6 Å². The summed E-state index contributed by atoms with van der Waals surface area (Å²) in [6.45, 7) is 1.36. The average molecular weight is 346 g/mol. The first kappa shape index (κ1) is 17.0. The van der Waals surface area contributed by atoms with E-state index in [1.807, 2.05) is 18.2 Å². The predicted octanol–water partition coefficient (Wildman–Crippen LogP) is 2.38. The van der Waals surface area contributed by atoms with Gasteiger partial charge in [0.05, 0.1) is 6.26 Å². The van der Waals surface area contributed by atoms with Crippen LogP contribution in [0.25, 0.3) is 0 Å². The molecule has 1 aliphatic heterocycles. The molecule has 0 bridgehead atoms. The smallest absolute Gasteiger partial charge is 0.328 e. The van der Waals surface area contributed by atoms with Gasteiger partial charge in [0.1, 0.15) is 6.67 Å². The zero-order valence-corrected chi connectivity index (χ0v) is 13.7. The summed E-state index contributed by atoms with van der Waals surface area (Å²) in [7, 11) is 0. The lowest BCUT2D eigenvalue weighted by Gasteiger charge is -2.24. The third-order valence-corrected chi connectivity index (χ3v) is 4.40. The monoisotopic (exact) mass is 346 g/mol. The summed E-state index contributed by atoms with van der Waals surface area (Å²) in [6, 6.07) is 8.42. The van der Waals surface area contributed by atoms with Crippen LogP contribution in [0, 0.1) is 0 Å². The molecule has 1 aromatic heterocycles. The molecule has 2 unspecified atom stereocenters. The Labute approximate surface area is 144 Å². The lowest BCUT2D eigenvalue weighted by molar-refractivity contribution is -0.139. The highest BCUT2D eigenvalue weighted by Gasteiger charge is 2.29. The normalized spacial score (nSPS) is 17.2. The van der Waals surface area contributed by atoms with Gasteiger partial charge in [-0.25, -0.2) is 9.18 Å². The van der Waals surface area contributed by atoms with Crippen molar-refractivity contribution in [3.8, 4) is 0 Å². The molecule has 0 aliphatic carbocycles. The van der Waals surface area contributed by atoms with Crippen molar-refractivity contribution in [2.75, 3.05) is 11.6 Å². The molecular weight excluding hydrogens is 327 g/mol. The number of nitrogens with zero attached hydrogens (tertiary/aromatic N) is 1. The highest BCUT2D eigenvalue weighted by atomic mass is 19.1. The number of fused-ring (bicyclic) bond motifs is 1. The number of carboxylic acids is 1. The van der Waals surface area contributed by atoms with Crippen LogP contribution in [0.1, 0.15) is 28.6 Å². The number of furan rings is 1. The van der Waals surface area contributed by atoms with E-state index >= 15 is 0 Å². The van der Waals surface area contributed by atoms with E-state index in [9.17, 15) is 14.0 Å². The van der Waals surface area contributed by atoms with Crippen molar-refractivity contribution in [3.05, 3.63) is 53.5 Å². The highest BCUT2D eigenvalue weighted by Crippen LogP contribution is 2.33. The average Bonchev–Trinajstić information content (AvgIpc) is 3.17. The number of amides is 1. The summed E-state index contributed by atoms with van der Waals surface area (Å²) >= 11 is 0. The van der Waals surface area contributed by atoms with Crippen LogP contribution in [0.3, 0.4) is 0 Å². The Balaban J connectivity index is 1.78. The van der Waals surface area contributed by atoms with Crippen LogP contribution < -0.4 is 10.2 Å². The number of anilines is 1. The second-order valence-electron chi connectivity index (χ2n) is 6.10. The van der Waals surface area contributed by atoms with E-state index in [-0.39, 0.29) is 11.8 Å². The molecular formula is C18H19FN2O4. The van der Waals surface area contributed by atoms with Crippen LogP contribution in [-0.2, 0) is 17.8 Å². The second-order valence-corrected chi connectivity index (χ2v) is 6.10. The Morgan fingerprint density at radius 2 is 2.16 bits per heavy atom. The van der Waals surface area contributed by atoms with Gasteiger partial charge in [0, 0.05) is 23.8 Å². The Hall–Kier alpha value is -2.83. The van der Waals surface area contributed by atoms with Crippen LogP contribution in [0.15, 0.2) is 41.0 Å². The number of carboxylic acid groups (broad SMARTS) is 1. The number of carbonyl (C=O) groups is 2. The van der Waals surface area contributed by atoms with Crippen LogP contribution in [0.2, 0.25) is 0 Å². The number of para-hydroxylation sites is 1. The number of nitrogens with one attached hydrogen (secondary N) is 1. The van der Waals surface area contributed by atoms with Crippen LogP contribution in [-0.4, -0.2) is 35.7 Å². The quantitative estimate of drug-likeness (QED) is 0.839. The SMILES string of the molecule is CC1Cc2ccccc2N1Cc1ccoc1C(=O)NC(CF)C(=O)O. The molecule has 1 aromatic carbocycles. The summed E-state index contributed by atoms with van der Waals surface area (Å²) in [5, 5.41) is 11.0. The molecule has 25 heavy (non-hydrogen) atoms. The largest absolute Gasteiger partial charge is 0.480 e. The van der Waals surface area contributed by atoms with Crippen molar-refractivity contribution < 1.29 is 23.5 Å². The Morgan fingerprint density at radius 1 is 1.40 bits per heavy atom. The maximum absolute atomic E-state index is 12.7. The minimum absolute atomic E-state index is 0.0104. The number of aliphatic carboxylic acids is 1. The molecule has 0 saturated carbocycles. The third kappa shape index (κ3) is 3.35. The minimum Gasteiger partial charge on any atom is -0.480 e. The molecule has 3 rings (SSSR count). The van der Waals surface area contributed by atoms with Crippen LogP contribution in [0.4, 0.5) is 10.1 Å². The van der Waals surface area contributed by atoms with Crippen molar-refractivity contribution in [2.24, 2.45) is 0 Å². The topological polar surface area (TPSA) is 82.8 Å². The van der Waals surface area contributed by atoms with Crippen LogP contribution in [0.5, 0.6) is 0 Å². The maximum Gasteiger partial charge on any atom is 0.328 e. The Kier molecular flexibility index (Phi) is 4.74. The van der Waals surface area contributed by atoms with Gasteiger partial charge >= 0.3 is 5.97 Å². The van der Waals surface area contributed by atoms with Crippen LogP contribution >= 0.6 is 0 Å². The van der Waals surface area contributed by atoms with E-state index in [2.05, 4.69) is 23.2 Å². The summed E-state index contributed by atoms with van der Waals surface area (Å²) in [4.78, 5) is 25.3. The van der Waals surface area contributed by atoms with Crippen molar-refractivity contribution in [1.82, 2.24) is 5.32 Å². The van der Waals surface area contributed by atoms with E-state index in [1.165, 1.54) is 11.8 Å². The highest BCUT2D eigenvalue weighted by molar-refractivity contribution is 5.95. The van der Waals surface area contributed by atoms with Crippen molar-refractivity contribution in [3.63, 3.8) is 0 Å². The Bertz CT molecular complexity index is 789. The van der Waals surface area contributed by atoms with Gasteiger partial charge in [-0.15, -0.1) is 0 Å². The number of hydrogen-bond donors (Lipinski definition) is 2. The molecule has 0 saturated heterocycles. The number of benzene rings is 1. The molecule has 0 spiro atoms. The number of alkyl halides is 1. The molecule has 7 heteroatoms. The first-order valence-corrected chi connectivity index (χ1v) is 8.01. The van der Waals surface area contributed by atoms with Gasteiger partial charge in [0.15, 0.2) is 11.8 Å². The standard InChI is InChI=1S/C18H19FN2O4/c1-11-8-12-4-2-3-5-15(12)21(11)10-13-6-7-25-16(13)17(22)20-14(9-19)18(23)24/h2-7,11,14H,8-10H2,1H3,(H,20,22)(H,23,24). The van der Waals surface area contributed by atoms with E-state index in [1.54, 1.807) is 6.07 Å². The molecule has 2 heterocycles. The van der Waals surface area contributed by atoms with Crippen molar-refractivity contribution in [2.45, 2.75) is 32.0 Å². The van der Waals surface area contributed by atoms with Gasteiger partial charge in [-0.3, -0.25) is 4.79 Å². The van der Waals surface area contributed by atoms with E-state index in [0.717, 1.165) is 12.1 Å². The summed E-state index contributed by atoms with van der Waals surface area (Å²) < 4.78 is 18.0. The molecule has 0 fully saturated rings.